The molecule has 1 saturated carbocycles. The number of hydrogen-bond acceptors (Lipinski definition) is 2. The number of pyridine rings is 1. The Kier molecular flexibility index (Phi) is 4.34. The number of hydrogen-bond donors (Lipinski definition) is 1. The topological polar surface area (TPSA) is 24.9 Å². The lowest BCUT2D eigenvalue weighted by Gasteiger charge is -2.24. The normalized spacial score (nSPS) is 19.6. The molecule has 0 amide bonds. The molecule has 1 aromatic rings. The van der Waals surface area contributed by atoms with Crippen molar-refractivity contribution in [2.45, 2.75) is 45.1 Å². The van der Waals surface area contributed by atoms with Crippen LogP contribution in [0.1, 0.15) is 50.6 Å². The van der Waals surface area contributed by atoms with Gasteiger partial charge in [-0.05, 0) is 49.9 Å². The highest BCUT2D eigenvalue weighted by Crippen LogP contribution is 2.23. The summed E-state index contributed by atoms with van der Waals surface area (Å²) in [5.74, 6) is 0.901. The van der Waals surface area contributed by atoms with Crippen LogP contribution in [0.2, 0.25) is 0 Å². The lowest BCUT2D eigenvalue weighted by atomic mass is 9.89. The zero-order chi connectivity index (χ0) is 11.2. The van der Waals surface area contributed by atoms with Crippen LogP contribution in [0.4, 0.5) is 0 Å². The zero-order valence-electron chi connectivity index (χ0n) is 10.2. The van der Waals surface area contributed by atoms with Gasteiger partial charge in [0.2, 0.25) is 0 Å². The molecule has 0 aliphatic heterocycles. The molecule has 1 aliphatic rings. The molecule has 1 fully saturated rings. The second-order valence-corrected chi connectivity index (χ2v) is 4.91. The summed E-state index contributed by atoms with van der Waals surface area (Å²) in [6.07, 6.45) is 10.9. The summed E-state index contributed by atoms with van der Waals surface area (Å²) in [5, 5.41) is 3.64. The van der Waals surface area contributed by atoms with Gasteiger partial charge in [-0.3, -0.25) is 4.98 Å². The van der Waals surface area contributed by atoms with Crippen molar-refractivity contribution in [1.29, 1.82) is 0 Å². The van der Waals surface area contributed by atoms with Crippen LogP contribution in [0.5, 0.6) is 0 Å². The molecule has 1 aliphatic carbocycles. The first-order valence-electron chi connectivity index (χ1n) is 6.49. The van der Waals surface area contributed by atoms with Crippen LogP contribution >= 0.6 is 0 Å². The Bertz CT molecular complexity index is 291. The molecule has 88 valence electrons. The highest BCUT2D eigenvalue weighted by molar-refractivity contribution is 5.13. The molecule has 0 spiro atoms. The van der Waals surface area contributed by atoms with Crippen LogP contribution < -0.4 is 5.32 Å². The molecule has 0 bridgehead atoms. The molecule has 1 heterocycles. The van der Waals surface area contributed by atoms with Crippen LogP contribution in [0.25, 0.3) is 0 Å². The van der Waals surface area contributed by atoms with Crippen molar-refractivity contribution in [2.75, 3.05) is 6.54 Å². The van der Waals surface area contributed by atoms with Gasteiger partial charge in [0.15, 0.2) is 0 Å². The SMILES string of the molecule is C[C@H](NCC1CCCCC1)c1ccncc1. The first-order chi connectivity index (χ1) is 7.86. The largest absolute Gasteiger partial charge is 0.310 e. The predicted octanol–water partition coefficient (Wildman–Crippen LogP) is 3.31. The van der Waals surface area contributed by atoms with Crippen LogP contribution in [0.15, 0.2) is 24.5 Å². The van der Waals surface area contributed by atoms with E-state index < -0.39 is 0 Å². The van der Waals surface area contributed by atoms with E-state index in [0.717, 1.165) is 5.92 Å². The monoisotopic (exact) mass is 218 g/mol. The lowest BCUT2D eigenvalue weighted by Crippen LogP contribution is -2.27. The van der Waals surface area contributed by atoms with Crippen molar-refractivity contribution in [2.24, 2.45) is 5.92 Å². The van der Waals surface area contributed by atoms with E-state index in [0.29, 0.717) is 6.04 Å². The van der Waals surface area contributed by atoms with Gasteiger partial charge >= 0.3 is 0 Å². The Morgan fingerprint density at radius 3 is 2.62 bits per heavy atom. The van der Waals surface area contributed by atoms with Crippen LogP contribution in [-0.2, 0) is 0 Å². The predicted molar refractivity (Wildman–Crippen MR) is 67.2 cm³/mol. The molecule has 2 nitrogen and oxygen atoms in total. The van der Waals surface area contributed by atoms with Gasteiger partial charge in [-0.25, -0.2) is 0 Å². The molecule has 2 rings (SSSR count). The van der Waals surface area contributed by atoms with Gasteiger partial charge < -0.3 is 5.32 Å². The maximum Gasteiger partial charge on any atom is 0.0293 e. The Hall–Kier alpha value is -0.890. The second kappa shape index (κ2) is 6.00. The molecule has 16 heavy (non-hydrogen) atoms. The minimum absolute atomic E-state index is 0.449. The molecule has 2 heteroatoms. The third kappa shape index (κ3) is 3.31. The summed E-state index contributed by atoms with van der Waals surface area (Å²) in [5.41, 5.74) is 1.34. The first kappa shape index (κ1) is 11.6. The van der Waals surface area contributed by atoms with Crippen molar-refractivity contribution in [1.82, 2.24) is 10.3 Å². The van der Waals surface area contributed by atoms with Crippen molar-refractivity contribution >= 4 is 0 Å². The molecule has 1 N–H and O–H groups in total. The summed E-state index contributed by atoms with van der Waals surface area (Å²) < 4.78 is 0. The molecule has 1 atom stereocenters. The summed E-state index contributed by atoms with van der Waals surface area (Å²) in [7, 11) is 0. The van der Waals surface area contributed by atoms with Gasteiger partial charge in [-0.15, -0.1) is 0 Å². The maximum absolute atomic E-state index is 4.05. The van der Waals surface area contributed by atoms with Crippen molar-refractivity contribution in [3.63, 3.8) is 0 Å². The highest BCUT2D eigenvalue weighted by atomic mass is 14.9. The Morgan fingerprint density at radius 2 is 1.94 bits per heavy atom. The van der Waals surface area contributed by atoms with Crippen molar-refractivity contribution in [3.05, 3.63) is 30.1 Å². The van der Waals surface area contributed by atoms with E-state index in [1.807, 2.05) is 12.4 Å². The third-order valence-electron chi connectivity index (χ3n) is 3.64. The van der Waals surface area contributed by atoms with Gasteiger partial charge in [-0.2, -0.15) is 0 Å². The van der Waals surface area contributed by atoms with E-state index in [9.17, 15) is 0 Å². The average Bonchev–Trinajstić information content (AvgIpc) is 2.38. The van der Waals surface area contributed by atoms with Gasteiger partial charge in [0.1, 0.15) is 0 Å². The first-order valence-corrected chi connectivity index (χ1v) is 6.49. The minimum atomic E-state index is 0.449. The van der Waals surface area contributed by atoms with E-state index in [1.165, 1.54) is 44.2 Å². The van der Waals surface area contributed by atoms with Gasteiger partial charge in [0, 0.05) is 18.4 Å². The Morgan fingerprint density at radius 1 is 1.25 bits per heavy atom. The number of nitrogens with one attached hydrogen (secondary N) is 1. The molecule has 1 aromatic heterocycles. The number of nitrogens with zero attached hydrogens (tertiary/aromatic N) is 1. The molecule has 0 unspecified atom stereocenters. The fourth-order valence-corrected chi connectivity index (χ4v) is 2.50. The van der Waals surface area contributed by atoms with Crippen LogP contribution in [0.3, 0.4) is 0 Å². The number of rotatable bonds is 4. The van der Waals surface area contributed by atoms with E-state index in [4.69, 9.17) is 0 Å². The molecular formula is C14H22N2. The lowest BCUT2D eigenvalue weighted by molar-refractivity contribution is 0.331. The minimum Gasteiger partial charge on any atom is -0.310 e. The summed E-state index contributed by atoms with van der Waals surface area (Å²) in [4.78, 5) is 4.05. The maximum atomic E-state index is 4.05. The quantitative estimate of drug-likeness (QED) is 0.838. The fourth-order valence-electron chi connectivity index (χ4n) is 2.50. The molecule has 0 aromatic carbocycles. The highest BCUT2D eigenvalue weighted by Gasteiger charge is 2.14. The summed E-state index contributed by atoms with van der Waals surface area (Å²) in [6.45, 7) is 3.40. The molecule has 0 radical (unpaired) electrons. The summed E-state index contributed by atoms with van der Waals surface area (Å²) in [6, 6.07) is 4.64. The van der Waals surface area contributed by atoms with Gasteiger partial charge in [-0.1, -0.05) is 19.3 Å². The van der Waals surface area contributed by atoms with Crippen LogP contribution in [0, 0.1) is 5.92 Å². The smallest absolute Gasteiger partial charge is 0.0293 e. The van der Waals surface area contributed by atoms with E-state index in [2.05, 4.69) is 29.4 Å². The van der Waals surface area contributed by atoms with Gasteiger partial charge in [0.05, 0.1) is 0 Å². The zero-order valence-corrected chi connectivity index (χ0v) is 10.2. The summed E-state index contributed by atoms with van der Waals surface area (Å²) >= 11 is 0. The van der Waals surface area contributed by atoms with Crippen molar-refractivity contribution < 1.29 is 0 Å². The third-order valence-corrected chi connectivity index (χ3v) is 3.64. The second-order valence-electron chi connectivity index (χ2n) is 4.91. The molecular weight excluding hydrogens is 196 g/mol. The van der Waals surface area contributed by atoms with E-state index >= 15 is 0 Å². The van der Waals surface area contributed by atoms with Crippen molar-refractivity contribution in [3.8, 4) is 0 Å². The van der Waals surface area contributed by atoms with Crippen LogP contribution in [-0.4, -0.2) is 11.5 Å². The standard InChI is InChI=1S/C14H22N2/c1-12(14-7-9-15-10-8-14)16-11-13-5-3-2-4-6-13/h7-10,12-13,16H,2-6,11H2,1H3/t12-/m0/s1. The average molecular weight is 218 g/mol. The Labute approximate surface area is 98.5 Å². The number of aromatic nitrogens is 1. The van der Waals surface area contributed by atoms with E-state index in [-0.39, 0.29) is 0 Å². The fraction of sp³-hybridized carbons (Fsp3) is 0.643. The van der Waals surface area contributed by atoms with Gasteiger partial charge in [0.25, 0.3) is 0 Å². The van der Waals surface area contributed by atoms with E-state index in [1.54, 1.807) is 0 Å². The Balaban J connectivity index is 1.77. The molecule has 0 saturated heterocycles.